The summed E-state index contributed by atoms with van der Waals surface area (Å²) in [6.07, 6.45) is 2.81. The molecule has 0 saturated heterocycles. The Morgan fingerprint density at radius 2 is 1.94 bits per heavy atom. The maximum Gasteiger partial charge on any atom is 0.279 e. The van der Waals surface area contributed by atoms with E-state index in [1.807, 2.05) is 0 Å². The number of nitrogens with two attached hydrogens (primary N) is 1. The van der Waals surface area contributed by atoms with E-state index >= 15 is 0 Å². The van der Waals surface area contributed by atoms with Gasteiger partial charge in [-0.25, -0.2) is 0 Å². The average Bonchev–Trinajstić information content (AvgIpc) is 2.65. The van der Waals surface area contributed by atoms with Gasteiger partial charge in [0.15, 0.2) is 5.84 Å². The van der Waals surface area contributed by atoms with Crippen molar-refractivity contribution >= 4 is 16.0 Å². The first kappa shape index (κ1) is 13.2. The Bertz CT molecular complexity index is 371. The molecule has 1 aliphatic rings. The van der Waals surface area contributed by atoms with Crippen LogP contribution in [0.15, 0.2) is 5.16 Å². The molecule has 0 aromatic rings. The van der Waals surface area contributed by atoms with Crippen molar-refractivity contribution in [3.8, 4) is 0 Å². The van der Waals surface area contributed by atoms with Crippen LogP contribution in [0, 0.1) is 0 Å². The van der Waals surface area contributed by atoms with Crippen LogP contribution in [0.5, 0.6) is 0 Å². The molecule has 0 aromatic heterocycles. The van der Waals surface area contributed by atoms with Gasteiger partial charge in [0.25, 0.3) is 10.2 Å². The van der Waals surface area contributed by atoms with Crippen molar-refractivity contribution in [2.75, 3.05) is 14.1 Å². The van der Waals surface area contributed by atoms with E-state index < -0.39 is 15.7 Å². The maximum atomic E-state index is 11.7. The van der Waals surface area contributed by atoms with Gasteiger partial charge in [-0.15, -0.1) is 0 Å². The topological polar surface area (TPSA) is 108 Å². The van der Waals surface area contributed by atoms with Gasteiger partial charge in [-0.05, 0) is 12.8 Å². The largest absolute Gasteiger partial charge is 0.409 e. The van der Waals surface area contributed by atoms with Gasteiger partial charge in [0.05, 0.1) is 5.54 Å². The molecule has 94 valence electrons. The lowest BCUT2D eigenvalue weighted by Gasteiger charge is -2.29. The Morgan fingerprint density at radius 3 is 2.31 bits per heavy atom. The molecule has 0 bridgehead atoms. The smallest absolute Gasteiger partial charge is 0.279 e. The molecule has 0 aliphatic heterocycles. The fourth-order valence-corrected chi connectivity index (χ4v) is 2.81. The number of nitrogens with one attached hydrogen (secondary N) is 1. The van der Waals surface area contributed by atoms with Crippen LogP contribution in [0.25, 0.3) is 0 Å². The number of hydrogen-bond donors (Lipinski definition) is 3. The predicted molar refractivity (Wildman–Crippen MR) is 60.4 cm³/mol. The van der Waals surface area contributed by atoms with Crippen molar-refractivity contribution in [3.63, 3.8) is 0 Å². The molecule has 0 spiro atoms. The number of oxime groups is 1. The summed E-state index contributed by atoms with van der Waals surface area (Å²) in [5.41, 5.74) is 4.64. The van der Waals surface area contributed by atoms with Crippen molar-refractivity contribution < 1.29 is 13.6 Å². The molecule has 0 amide bonds. The molecule has 1 fully saturated rings. The standard InChI is InChI=1S/C8H18N4O3S/c1-12(2)16(14,15)11-8(7(9)10-13)5-3-4-6-8/h11,13H,3-6H2,1-2H3,(H2,9,10). The third kappa shape index (κ3) is 2.45. The number of nitrogens with zero attached hydrogens (tertiary/aromatic N) is 2. The second-order valence-electron chi connectivity index (χ2n) is 4.16. The SMILES string of the molecule is CN(C)S(=O)(=O)NC1(/C(N)=N/O)CCCC1. The van der Waals surface area contributed by atoms with Crippen molar-refractivity contribution in [1.82, 2.24) is 9.03 Å². The minimum atomic E-state index is -3.58. The van der Waals surface area contributed by atoms with Crippen LogP contribution in [0.1, 0.15) is 25.7 Å². The number of rotatable bonds is 4. The first-order chi connectivity index (χ1) is 7.34. The van der Waals surface area contributed by atoms with E-state index in [-0.39, 0.29) is 5.84 Å². The zero-order chi connectivity index (χ0) is 12.4. The highest BCUT2D eigenvalue weighted by Crippen LogP contribution is 2.30. The first-order valence-electron chi connectivity index (χ1n) is 5.03. The Kier molecular flexibility index (Phi) is 3.76. The maximum absolute atomic E-state index is 11.7. The van der Waals surface area contributed by atoms with Gasteiger partial charge in [0.1, 0.15) is 0 Å². The van der Waals surface area contributed by atoms with Crippen LogP contribution < -0.4 is 10.5 Å². The molecule has 0 atom stereocenters. The molecule has 4 N–H and O–H groups in total. The lowest BCUT2D eigenvalue weighted by Crippen LogP contribution is -2.57. The predicted octanol–water partition coefficient (Wildman–Crippen LogP) is -0.558. The van der Waals surface area contributed by atoms with Crippen molar-refractivity contribution in [2.24, 2.45) is 10.9 Å². The highest BCUT2D eigenvalue weighted by Gasteiger charge is 2.42. The molecule has 1 rings (SSSR count). The summed E-state index contributed by atoms with van der Waals surface area (Å²) in [4.78, 5) is 0. The number of amidine groups is 1. The van der Waals surface area contributed by atoms with Crippen LogP contribution in [-0.2, 0) is 10.2 Å². The highest BCUT2D eigenvalue weighted by atomic mass is 32.2. The van der Waals surface area contributed by atoms with Crippen LogP contribution in [0.4, 0.5) is 0 Å². The van der Waals surface area contributed by atoms with E-state index in [9.17, 15) is 8.42 Å². The van der Waals surface area contributed by atoms with Gasteiger partial charge in [0.2, 0.25) is 0 Å². The zero-order valence-corrected chi connectivity index (χ0v) is 10.3. The Balaban J connectivity index is 2.98. The van der Waals surface area contributed by atoms with Gasteiger partial charge < -0.3 is 10.9 Å². The molecular formula is C8H18N4O3S. The molecule has 1 saturated carbocycles. The fourth-order valence-electron chi connectivity index (χ4n) is 1.82. The molecular weight excluding hydrogens is 232 g/mol. The summed E-state index contributed by atoms with van der Waals surface area (Å²) in [5, 5.41) is 11.6. The molecule has 0 radical (unpaired) electrons. The van der Waals surface area contributed by atoms with Gasteiger partial charge in [-0.2, -0.15) is 17.4 Å². The third-order valence-corrected chi connectivity index (χ3v) is 4.47. The summed E-state index contributed by atoms with van der Waals surface area (Å²) >= 11 is 0. The van der Waals surface area contributed by atoms with E-state index in [0.29, 0.717) is 12.8 Å². The third-order valence-electron chi connectivity index (χ3n) is 2.86. The minimum Gasteiger partial charge on any atom is -0.409 e. The van der Waals surface area contributed by atoms with E-state index in [2.05, 4.69) is 9.88 Å². The summed E-state index contributed by atoms with van der Waals surface area (Å²) in [6, 6.07) is 0. The van der Waals surface area contributed by atoms with Gasteiger partial charge in [0, 0.05) is 14.1 Å². The molecule has 8 heteroatoms. The van der Waals surface area contributed by atoms with Crippen molar-refractivity contribution in [3.05, 3.63) is 0 Å². The summed E-state index contributed by atoms with van der Waals surface area (Å²) < 4.78 is 27.0. The zero-order valence-electron chi connectivity index (χ0n) is 9.47. The van der Waals surface area contributed by atoms with E-state index in [1.165, 1.54) is 14.1 Å². The second kappa shape index (κ2) is 4.56. The second-order valence-corrected chi connectivity index (χ2v) is 6.05. The first-order valence-corrected chi connectivity index (χ1v) is 6.47. The quantitative estimate of drug-likeness (QED) is 0.269. The number of hydrogen-bond acceptors (Lipinski definition) is 4. The fraction of sp³-hybridized carbons (Fsp3) is 0.875. The Morgan fingerprint density at radius 1 is 1.44 bits per heavy atom. The molecule has 0 unspecified atom stereocenters. The van der Waals surface area contributed by atoms with Crippen LogP contribution in [-0.4, -0.2) is 43.4 Å². The highest BCUT2D eigenvalue weighted by molar-refractivity contribution is 7.87. The van der Waals surface area contributed by atoms with Gasteiger partial charge >= 0.3 is 0 Å². The van der Waals surface area contributed by atoms with E-state index in [4.69, 9.17) is 10.9 Å². The summed E-state index contributed by atoms with van der Waals surface area (Å²) in [7, 11) is -0.728. The summed E-state index contributed by atoms with van der Waals surface area (Å²) in [5.74, 6) is -0.0737. The lowest BCUT2D eigenvalue weighted by atomic mass is 9.98. The molecule has 0 aromatic carbocycles. The van der Waals surface area contributed by atoms with Crippen molar-refractivity contribution in [1.29, 1.82) is 0 Å². The van der Waals surface area contributed by atoms with Gasteiger partial charge in [-0.3, -0.25) is 0 Å². The minimum absolute atomic E-state index is 0.0737. The molecule has 7 nitrogen and oxygen atoms in total. The Hall–Kier alpha value is -0.860. The van der Waals surface area contributed by atoms with Gasteiger partial charge in [-0.1, -0.05) is 18.0 Å². The van der Waals surface area contributed by atoms with Crippen molar-refractivity contribution in [2.45, 2.75) is 31.2 Å². The van der Waals surface area contributed by atoms with Crippen LogP contribution in [0.2, 0.25) is 0 Å². The normalized spacial score (nSPS) is 21.6. The van der Waals surface area contributed by atoms with Crippen LogP contribution in [0.3, 0.4) is 0 Å². The summed E-state index contributed by atoms with van der Waals surface area (Å²) in [6.45, 7) is 0. The Labute approximate surface area is 95.5 Å². The monoisotopic (exact) mass is 250 g/mol. The molecule has 0 heterocycles. The van der Waals surface area contributed by atoms with E-state index in [0.717, 1.165) is 17.1 Å². The molecule has 16 heavy (non-hydrogen) atoms. The lowest BCUT2D eigenvalue weighted by molar-refractivity contribution is 0.309. The van der Waals surface area contributed by atoms with E-state index in [1.54, 1.807) is 0 Å². The van der Waals surface area contributed by atoms with Crippen LogP contribution >= 0.6 is 0 Å². The average molecular weight is 250 g/mol. The molecule has 1 aliphatic carbocycles.